The SMILES string of the molecule is C[C@@H]1O[C@@H](OC[C@H]2O[C@@H](Oc3cc(O)c4c(=O)c(O)c(-c5ccc(O)cc5)oc4c3)[C@H](O)[C@@H](O)[C@@H]2O)[C@H](O)[C@H](O)[C@H]1O. The van der Waals surface area contributed by atoms with Crippen molar-refractivity contribution in [2.24, 2.45) is 0 Å². The fourth-order valence-electron chi connectivity index (χ4n) is 4.77. The van der Waals surface area contributed by atoms with E-state index in [4.69, 9.17) is 23.4 Å². The topological polar surface area (TPSA) is 249 Å². The zero-order valence-corrected chi connectivity index (χ0v) is 21.9. The number of hydrogen-bond donors (Lipinski definition) is 9. The first kappa shape index (κ1) is 30.0. The van der Waals surface area contributed by atoms with Crippen LogP contribution in [0, 0.1) is 0 Å². The second-order valence-electron chi connectivity index (χ2n) is 10.1. The van der Waals surface area contributed by atoms with Crippen molar-refractivity contribution in [1.29, 1.82) is 0 Å². The minimum absolute atomic E-state index is 0.0647. The summed E-state index contributed by atoms with van der Waals surface area (Å²) < 4.78 is 27.7. The van der Waals surface area contributed by atoms with Crippen molar-refractivity contribution >= 4 is 11.0 Å². The Balaban J connectivity index is 1.37. The van der Waals surface area contributed by atoms with Crippen molar-refractivity contribution in [3.05, 3.63) is 46.6 Å². The van der Waals surface area contributed by atoms with Gasteiger partial charge in [-0.2, -0.15) is 0 Å². The molecule has 2 aliphatic heterocycles. The Labute approximate surface area is 236 Å². The molecule has 0 bridgehead atoms. The summed E-state index contributed by atoms with van der Waals surface area (Å²) in [5.41, 5.74) is -0.934. The van der Waals surface area contributed by atoms with E-state index in [9.17, 15) is 50.8 Å². The monoisotopic (exact) mass is 594 g/mol. The number of benzene rings is 2. The molecule has 5 rings (SSSR count). The average Bonchev–Trinajstić information content (AvgIpc) is 2.96. The van der Waals surface area contributed by atoms with Gasteiger partial charge in [-0.25, -0.2) is 0 Å². The maximum absolute atomic E-state index is 12.8. The molecule has 0 saturated carbocycles. The molecule has 15 nitrogen and oxygen atoms in total. The molecule has 0 amide bonds. The van der Waals surface area contributed by atoms with Crippen LogP contribution in [0.15, 0.2) is 45.6 Å². The lowest BCUT2D eigenvalue weighted by molar-refractivity contribution is -0.318. The molecular weight excluding hydrogens is 564 g/mol. The summed E-state index contributed by atoms with van der Waals surface area (Å²) in [7, 11) is 0. The summed E-state index contributed by atoms with van der Waals surface area (Å²) >= 11 is 0. The molecule has 0 spiro atoms. The van der Waals surface area contributed by atoms with Gasteiger partial charge in [0.05, 0.1) is 12.7 Å². The lowest BCUT2D eigenvalue weighted by Crippen LogP contribution is -2.61. The Kier molecular flexibility index (Phi) is 8.30. The molecular formula is C27H30O15. The third kappa shape index (κ3) is 5.49. The van der Waals surface area contributed by atoms with E-state index in [1.54, 1.807) is 0 Å². The molecule has 9 N–H and O–H groups in total. The molecule has 0 aliphatic carbocycles. The van der Waals surface area contributed by atoms with Crippen LogP contribution in [0.5, 0.6) is 23.0 Å². The third-order valence-electron chi connectivity index (χ3n) is 7.21. The van der Waals surface area contributed by atoms with Crippen molar-refractivity contribution in [2.75, 3.05) is 6.61 Å². The summed E-state index contributed by atoms with van der Waals surface area (Å²) in [6.45, 7) is 0.928. The number of aliphatic hydroxyl groups is 6. The van der Waals surface area contributed by atoms with E-state index < -0.39 is 84.9 Å². The predicted molar refractivity (Wildman–Crippen MR) is 139 cm³/mol. The highest BCUT2D eigenvalue weighted by atomic mass is 16.7. The maximum atomic E-state index is 12.8. The van der Waals surface area contributed by atoms with E-state index in [0.717, 1.165) is 6.07 Å². The molecule has 42 heavy (non-hydrogen) atoms. The number of aromatic hydroxyl groups is 3. The smallest absolute Gasteiger partial charge is 0.238 e. The third-order valence-corrected chi connectivity index (χ3v) is 7.21. The fraction of sp³-hybridized carbons (Fsp3) is 0.444. The number of ether oxygens (including phenoxy) is 4. The van der Waals surface area contributed by atoms with Crippen LogP contribution in [0.3, 0.4) is 0 Å². The quantitative estimate of drug-likeness (QED) is 0.159. The minimum atomic E-state index is -1.80. The summed E-state index contributed by atoms with van der Waals surface area (Å²) in [5.74, 6) is -1.95. The Bertz CT molecular complexity index is 1470. The maximum Gasteiger partial charge on any atom is 0.238 e. The van der Waals surface area contributed by atoms with Crippen molar-refractivity contribution in [1.82, 2.24) is 0 Å². The number of fused-ring (bicyclic) bond motifs is 1. The molecule has 3 aromatic rings. The van der Waals surface area contributed by atoms with Gasteiger partial charge in [0.1, 0.15) is 70.9 Å². The summed E-state index contributed by atoms with van der Waals surface area (Å²) in [5, 5.41) is 91.4. The van der Waals surface area contributed by atoms with Gasteiger partial charge in [-0.3, -0.25) is 4.79 Å². The first-order valence-electron chi connectivity index (χ1n) is 12.9. The van der Waals surface area contributed by atoms with Gasteiger partial charge in [0.15, 0.2) is 12.1 Å². The Morgan fingerprint density at radius 2 is 1.43 bits per heavy atom. The largest absolute Gasteiger partial charge is 0.508 e. The van der Waals surface area contributed by atoms with Crippen molar-refractivity contribution in [3.63, 3.8) is 0 Å². The minimum Gasteiger partial charge on any atom is -0.508 e. The van der Waals surface area contributed by atoms with Gasteiger partial charge in [-0.05, 0) is 31.2 Å². The molecule has 3 heterocycles. The average molecular weight is 595 g/mol. The van der Waals surface area contributed by atoms with Gasteiger partial charge in [0.25, 0.3) is 0 Å². The molecule has 10 atom stereocenters. The highest BCUT2D eigenvalue weighted by Crippen LogP contribution is 2.37. The molecule has 2 aromatic carbocycles. The van der Waals surface area contributed by atoms with Crippen molar-refractivity contribution < 1.29 is 69.3 Å². The molecule has 2 aliphatic rings. The summed E-state index contributed by atoms with van der Waals surface area (Å²) in [6.07, 6.45) is -15.2. The highest BCUT2D eigenvalue weighted by Gasteiger charge is 2.47. The van der Waals surface area contributed by atoms with Crippen LogP contribution in [0.25, 0.3) is 22.3 Å². The van der Waals surface area contributed by atoms with Crippen molar-refractivity contribution in [2.45, 2.75) is 68.3 Å². The molecule has 2 saturated heterocycles. The number of phenols is 2. The van der Waals surface area contributed by atoms with Crippen molar-refractivity contribution in [3.8, 4) is 34.3 Å². The van der Waals surface area contributed by atoms with Crippen LogP contribution < -0.4 is 10.2 Å². The Morgan fingerprint density at radius 1 is 0.786 bits per heavy atom. The molecule has 0 unspecified atom stereocenters. The van der Waals surface area contributed by atoms with Crippen LogP contribution in [-0.4, -0.2) is 114 Å². The second kappa shape index (κ2) is 11.6. The second-order valence-corrected chi connectivity index (χ2v) is 10.1. The Hall–Kier alpha value is -3.51. The van der Waals surface area contributed by atoms with Crippen LogP contribution in [0.2, 0.25) is 0 Å². The van der Waals surface area contributed by atoms with Crippen LogP contribution in [-0.2, 0) is 14.2 Å². The lowest BCUT2D eigenvalue weighted by atomic mass is 9.98. The van der Waals surface area contributed by atoms with Gasteiger partial charge in [0.2, 0.25) is 17.5 Å². The normalized spacial score (nSPS) is 33.5. The summed E-state index contributed by atoms with van der Waals surface area (Å²) in [4.78, 5) is 12.8. The summed E-state index contributed by atoms with van der Waals surface area (Å²) in [6, 6.07) is 7.55. The van der Waals surface area contributed by atoms with E-state index in [0.29, 0.717) is 0 Å². The number of hydrogen-bond acceptors (Lipinski definition) is 15. The zero-order valence-electron chi connectivity index (χ0n) is 21.9. The fourth-order valence-corrected chi connectivity index (χ4v) is 4.77. The first-order valence-corrected chi connectivity index (χ1v) is 12.9. The van der Waals surface area contributed by atoms with Gasteiger partial charge < -0.3 is 69.3 Å². The van der Waals surface area contributed by atoms with E-state index in [1.165, 1.54) is 37.3 Å². The zero-order chi connectivity index (χ0) is 30.5. The lowest BCUT2D eigenvalue weighted by Gasteiger charge is -2.42. The van der Waals surface area contributed by atoms with Gasteiger partial charge >= 0.3 is 0 Å². The standard InChI is InChI=1S/C27H30O15/c1-9-17(30)20(33)23(36)26(39-9)38-8-15-18(31)21(34)24(37)27(42-15)40-12-6-13(29)16-14(7-12)41-25(22(35)19(16)32)10-2-4-11(28)5-3-10/h2-7,9,15,17-18,20-21,23-24,26-31,33-37H,8H2,1H3/t9-,15+,17-,18+,20+,21-,23+,24+,26+,27+/m0/s1. The van der Waals surface area contributed by atoms with E-state index in [-0.39, 0.29) is 33.8 Å². The van der Waals surface area contributed by atoms with Gasteiger partial charge in [0, 0.05) is 17.7 Å². The van der Waals surface area contributed by atoms with E-state index >= 15 is 0 Å². The molecule has 2 fully saturated rings. The van der Waals surface area contributed by atoms with Gasteiger partial charge in [-0.1, -0.05) is 0 Å². The number of aliphatic hydroxyl groups excluding tert-OH is 6. The number of phenolic OH excluding ortho intramolecular Hbond substituents is 2. The van der Waals surface area contributed by atoms with E-state index in [2.05, 4.69) is 0 Å². The number of rotatable bonds is 6. The molecule has 0 radical (unpaired) electrons. The first-order chi connectivity index (χ1) is 19.9. The highest BCUT2D eigenvalue weighted by molar-refractivity contribution is 5.88. The Morgan fingerprint density at radius 3 is 2.12 bits per heavy atom. The van der Waals surface area contributed by atoms with Crippen LogP contribution in [0.4, 0.5) is 0 Å². The van der Waals surface area contributed by atoms with Crippen LogP contribution >= 0.6 is 0 Å². The predicted octanol–water partition coefficient (Wildman–Crippen LogP) is -1.39. The van der Waals surface area contributed by atoms with E-state index in [1.807, 2.05) is 0 Å². The molecule has 15 heteroatoms. The molecule has 228 valence electrons. The van der Waals surface area contributed by atoms with Gasteiger partial charge in [-0.15, -0.1) is 0 Å². The molecule has 1 aromatic heterocycles. The van der Waals surface area contributed by atoms with Crippen LogP contribution in [0.1, 0.15) is 6.92 Å².